The van der Waals surface area contributed by atoms with Gasteiger partial charge in [0.05, 0.1) is 10.5 Å². The summed E-state index contributed by atoms with van der Waals surface area (Å²) in [5.74, 6) is -0.460. The maximum Gasteiger partial charge on any atom is 0.268 e. The number of aryl methyl sites for hydroxylation is 2. The normalized spacial score (nSPS) is 14.6. The molecule has 25 heavy (non-hydrogen) atoms. The van der Waals surface area contributed by atoms with Crippen LogP contribution in [0.1, 0.15) is 23.6 Å². The van der Waals surface area contributed by atoms with E-state index < -0.39 is 0 Å². The Morgan fingerprint density at radius 1 is 1.00 bits per heavy atom. The molecule has 0 bridgehead atoms. The van der Waals surface area contributed by atoms with Crippen LogP contribution >= 0.6 is 23.4 Å². The summed E-state index contributed by atoms with van der Waals surface area (Å²) >= 11 is 7.25. The number of carbonyl (C=O) groups excluding carboxylic acids is 2. The summed E-state index contributed by atoms with van der Waals surface area (Å²) in [6.07, 6.45) is 0. The van der Waals surface area contributed by atoms with Crippen molar-refractivity contribution in [2.45, 2.75) is 25.7 Å². The number of imide groups is 1. The number of amides is 2. The highest BCUT2D eigenvalue weighted by Gasteiger charge is 2.38. The number of hydrogen-bond acceptors (Lipinski definition) is 3. The molecule has 3 nitrogen and oxygen atoms in total. The van der Waals surface area contributed by atoms with Gasteiger partial charge in [-0.15, -0.1) is 0 Å². The third-order valence-electron chi connectivity index (χ3n) is 4.13. The van der Waals surface area contributed by atoms with Gasteiger partial charge in [0.25, 0.3) is 11.8 Å². The average molecular weight is 372 g/mol. The molecule has 2 amide bonds. The fraction of sp³-hybridized carbons (Fsp3) is 0.200. The third kappa shape index (κ3) is 3.37. The molecule has 2 aromatic rings. The Bertz CT molecular complexity index is 887. The molecule has 1 aliphatic rings. The minimum atomic E-state index is -0.234. The van der Waals surface area contributed by atoms with Gasteiger partial charge in [0, 0.05) is 16.5 Å². The molecular formula is C20H18ClNO2S. The Kier molecular flexibility index (Phi) is 5.02. The topological polar surface area (TPSA) is 37.4 Å². The lowest BCUT2D eigenvalue weighted by atomic mass is 9.99. The molecule has 0 aromatic heterocycles. The summed E-state index contributed by atoms with van der Waals surface area (Å²) in [5.41, 5.74) is 3.42. The SMILES string of the molecule is CCN1C(=O)C(Sc2ccc(Cl)cc2)=C(c2ccc(C)cc2C)C1=O. The Morgan fingerprint density at radius 3 is 2.28 bits per heavy atom. The lowest BCUT2D eigenvalue weighted by Gasteiger charge is -2.12. The molecular weight excluding hydrogens is 354 g/mol. The minimum absolute atomic E-state index is 0.226. The van der Waals surface area contributed by atoms with E-state index in [0.717, 1.165) is 21.6 Å². The van der Waals surface area contributed by atoms with Gasteiger partial charge < -0.3 is 0 Å². The Morgan fingerprint density at radius 2 is 1.68 bits per heavy atom. The van der Waals surface area contributed by atoms with E-state index in [0.29, 0.717) is 22.0 Å². The Balaban J connectivity index is 2.12. The van der Waals surface area contributed by atoms with Crippen LogP contribution in [0, 0.1) is 13.8 Å². The molecule has 0 saturated heterocycles. The molecule has 0 atom stereocenters. The largest absolute Gasteiger partial charge is 0.274 e. The van der Waals surface area contributed by atoms with E-state index in [2.05, 4.69) is 0 Å². The van der Waals surface area contributed by atoms with E-state index in [-0.39, 0.29) is 11.8 Å². The molecule has 1 aliphatic heterocycles. The highest BCUT2D eigenvalue weighted by atomic mass is 35.5. The predicted molar refractivity (Wildman–Crippen MR) is 103 cm³/mol. The zero-order valence-electron chi connectivity index (χ0n) is 14.3. The number of likely N-dealkylation sites (N-methyl/N-ethyl adjacent to an activating group) is 1. The zero-order valence-corrected chi connectivity index (χ0v) is 15.9. The van der Waals surface area contributed by atoms with Crippen molar-refractivity contribution in [2.75, 3.05) is 6.54 Å². The molecule has 0 saturated carbocycles. The van der Waals surface area contributed by atoms with Crippen LogP contribution in [0.15, 0.2) is 52.3 Å². The molecule has 5 heteroatoms. The van der Waals surface area contributed by atoms with E-state index >= 15 is 0 Å². The van der Waals surface area contributed by atoms with Gasteiger partial charge in [0.1, 0.15) is 0 Å². The second-order valence-electron chi connectivity index (χ2n) is 5.93. The van der Waals surface area contributed by atoms with Crippen LogP contribution in [0.5, 0.6) is 0 Å². The van der Waals surface area contributed by atoms with E-state index in [1.54, 1.807) is 12.1 Å². The van der Waals surface area contributed by atoms with Gasteiger partial charge in [-0.1, -0.05) is 47.1 Å². The predicted octanol–water partition coefficient (Wildman–Crippen LogP) is 4.85. The number of carbonyl (C=O) groups is 2. The fourth-order valence-electron chi connectivity index (χ4n) is 2.89. The standard InChI is InChI=1S/C20H18ClNO2S/c1-4-22-19(23)17(16-10-5-12(2)11-13(16)3)18(20(22)24)25-15-8-6-14(21)7-9-15/h5-11H,4H2,1-3H3. The Labute approximate surface area is 156 Å². The second-order valence-corrected chi connectivity index (χ2v) is 7.45. The number of rotatable bonds is 4. The monoisotopic (exact) mass is 371 g/mol. The van der Waals surface area contributed by atoms with Crippen molar-refractivity contribution < 1.29 is 9.59 Å². The van der Waals surface area contributed by atoms with Crippen LogP contribution in [0.4, 0.5) is 0 Å². The van der Waals surface area contributed by atoms with Crippen molar-refractivity contribution in [2.24, 2.45) is 0 Å². The maximum absolute atomic E-state index is 12.9. The first-order valence-corrected chi connectivity index (χ1v) is 9.23. The molecule has 0 radical (unpaired) electrons. The molecule has 0 N–H and O–H groups in total. The van der Waals surface area contributed by atoms with E-state index in [4.69, 9.17) is 11.6 Å². The van der Waals surface area contributed by atoms with Gasteiger partial charge >= 0.3 is 0 Å². The van der Waals surface area contributed by atoms with Crippen molar-refractivity contribution in [3.8, 4) is 0 Å². The first-order chi connectivity index (χ1) is 11.9. The van der Waals surface area contributed by atoms with Crippen LogP contribution in [0.25, 0.3) is 5.57 Å². The van der Waals surface area contributed by atoms with Crippen LogP contribution in [0.3, 0.4) is 0 Å². The molecule has 0 aliphatic carbocycles. The van der Waals surface area contributed by atoms with E-state index in [1.807, 2.05) is 51.1 Å². The number of halogens is 1. The van der Waals surface area contributed by atoms with Gasteiger partial charge in [-0.05, 0) is 56.2 Å². The highest BCUT2D eigenvalue weighted by molar-refractivity contribution is 8.04. The smallest absolute Gasteiger partial charge is 0.268 e. The fourth-order valence-corrected chi connectivity index (χ4v) is 4.02. The number of hydrogen-bond donors (Lipinski definition) is 0. The third-order valence-corrected chi connectivity index (χ3v) is 5.47. The Hall–Kier alpha value is -2.04. The summed E-state index contributed by atoms with van der Waals surface area (Å²) in [6, 6.07) is 13.2. The van der Waals surface area contributed by atoms with Crippen LogP contribution < -0.4 is 0 Å². The summed E-state index contributed by atoms with van der Waals surface area (Å²) < 4.78 is 0. The molecule has 1 heterocycles. The van der Waals surface area contributed by atoms with Crippen molar-refractivity contribution in [1.82, 2.24) is 4.90 Å². The highest BCUT2D eigenvalue weighted by Crippen LogP contribution is 2.40. The molecule has 0 fully saturated rings. The van der Waals surface area contributed by atoms with E-state index in [1.165, 1.54) is 16.7 Å². The number of benzene rings is 2. The summed E-state index contributed by atoms with van der Waals surface area (Å²) in [4.78, 5) is 28.3. The summed E-state index contributed by atoms with van der Waals surface area (Å²) in [7, 11) is 0. The number of nitrogens with zero attached hydrogens (tertiary/aromatic N) is 1. The van der Waals surface area contributed by atoms with Gasteiger partial charge in [-0.3, -0.25) is 14.5 Å². The molecule has 2 aromatic carbocycles. The first kappa shape index (κ1) is 17.8. The molecule has 0 spiro atoms. The van der Waals surface area contributed by atoms with Crippen molar-refractivity contribution in [3.63, 3.8) is 0 Å². The van der Waals surface area contributed by atoms with Crippen molar-refractivity contribution in [1.29, 1.82) is 0 Å². The lowest BCUT2D eigenvalue weighted by Crippen LogP contribution is -2.31. The minimum Gasteiger partial charge on any atom is -0.274 e. The molecule has 0 unspecified atom stereocenters. The first-order valence-electron chi connectivity index (χ1n) is 8.04. The van der Waals surface area contributed by atoms with Crippen LogP contribution in [-0.4, -0.2) is 23.3 Å². The number of thioether (sulfide) groups is 1. The van der Waals surface area contributed by atoms with Gasteiger partial charge in [0.2, 0.25) is 0 Å². The van der Waals surface area contributed by atoms with Crippen LogP contribution in [0.2, 0.25) is 5.02 Å². The van der Waals surface area contributed by atoms with Crippen molar-refractivity contribution >= 4 is 40.8 Å². The summed E-state index contributed by atoms with van der Waals surface area (Å²) in [6.45, 7) is 6.14. The lowest BCUT2D eigenvalue weighted by molar-refractivity contribution is -0.136. The van der Waals surface area contributed by atoms with Gasteiger partial charge in [0.15, 0.2) is 0 Å². The maximum atomic E-state index is 12.9. The average Bonchev–Trinajstić information content (AvgIpc) is 2.80. The second kappa shape index (κ2) is 7.06. The van der Waals surface area contributed by atoms with Gasteiger partial charge in [-0.25, -0.2) is 0 Å². The van der Waals surface area contributed by atoms with E-state index in [9.17, 15) is 9.59 Å². The quantitative estimate of drug-likeness (QED) is 0.721. The summed E-state index contributed by atoms with van der Waals surface area (Å²) in [5, 5.41) is 0.636. The zero-order chi connectivity index (χ0) is 18.1. The van der Waals surface area contributed by atoms with Gasteiger partial charge in [-0.2, -0.15) is 0 Å². The molecule has 3 rings (SSSR count). The molecule has 128 valence electrons. The van der Waals surface area contributed by atoms with Crippen LogP contribution in [-0.2, 0) is 9.59 Å². The van der Waals surface area contributed by atoms with Crippen molar-refractivity contribution in [3.05, 3.63) is 69.1 Å².